The average Bonchev–Trinajstić information content (AvgIpc) is 2.73. The van der Waals surface area contributed by atoms with E-state index < -0.39 is 11.9 Å². The van der Waals surface area contributed by atoms with E-state index in [1.807, 2.05) is 13.8 Å². The number of carbonyl (C=O) groups excluding carboxylic acids is 3. The second-order valence-electron chi connectivity index (χ2n) is 7.72. The van der Waals surface area contributed by atoms with Crippen LogP contribution in [0.15, 0.2) is 18.2 Å². The molecule has 0 saturated carbocycles. The lowest BCUT2D eigenvalue weighted by Crippen LogP contribution is -2.14. The van der Waals surface area contributed by atoms with Gasteiger partial charge in [0.1, 0.15) is 17.1 Å². The van der Waals surface area contributed by atoms with E-state index in [1.54, 1.807) is 0 Å². The Bertz CT molecular complexity index is 683. The molecule has 0 bridgehead atoms. The average molecular weight is 435 g/mol. The highest BCUT2D eigenvalue weighted by Gasteiger charge is 2.19. The van der Waals surface area contributed by atoms with Crippen LogP contribution in [0.3, 0.4) is 0 Å². The van der Waals surface area contributed by atoms with Gasteiger partial charge in [0.2, 0.25) is 0 Å². The summed E-state index contributed by atoms with van der Waals surface area (Å²) < 4.78 is 16.0. The number of carbonyl (C=O) groups is 3. The minimum Gasteiger partial charge on any atom is -0.462 e. The van der Waals surface area contributed by atoms with E-state index in [1.165, 1.54) is 50.3 Å². The van der Waals surface area contributed by atoms with Gasteiger partial charge in [0.05, 0.1) is 6.61 Å². The molecule has 0 heterocycles. The van der Waals surface area contributed by atoms with Crippen LogP contribution in [0.1, 0.15) is 108 Å². The first kappa shape index (κ1) is 26.7. The van der Waals surface area contributed by atoms with Crippen LogP contribution in [0.2, 0.25) is 0 Å². The Kier molecular flexibility index (Phi) is 14.1. The van der Waals surface area contributed by atoms with Crippen molar-refractivity contribution >= 4 is 17.9 Å². The molecule has 0 N–H and O–H groups in total. The van der Waals surface area contributed by atoms with Crippen molar-refractivity contribution in [3.8, 4) is 11.5 Å². The molecule has 0 aromatic heterocycles. The van der Waals surface area contributed by atoms with Crippen molar-refractivity contribution in [1.29, 1.82) is 0 Å². The van der Waals surface area contributed by atoms with E-state index in [2.05, 4.69) is 6.92 Å². The molecule has 0 aliphatic rings. The first-order valence-electron chi connectivity index (χ1n) is 11.7. The van der Waals surface area contributed by atoms with Crippen molar-refractivity contribution in [2.75, 3.05) is 6.61 Å². The van der Waals surface area contributed by atoms with Crippen LogP contribution < -0.4 is 9.47 Å². The number of hydrogen-bond donors (Lipinski definition) is 0. The number of unbranched alkanes of at least 4 members (excludes halogenated alkanes) is 7. The quantitative estimate of drug-likeness (QED) is 0.170. The van der Waals surface area contributed by atoms with Crippen molar-refractivity contribution in [3.63, 3.8) is 0 Å². The van der Waals surface area contributed by atoms with Gasteiger partial charge in [-0.3, -0.25) is 9.59 Å². The minimum absolute atomic E-state index is 0.0887. The molecule has 174 valence electrons. The van der Waals surface area contributed by atoms with Gasteiger partial charge in [-0.05, 0) is 37.5 Å². The molecule has 0 saturated heterocycles. The van der Waals surface area contributed by atoms with E-state index in [4.69, 9.17) is 14.2 Å². The molecule has 6 heteroatoms. The van der Waals surface area contributed by atoms with Crippen molar-refractivity contribution < 1.29 is 28.6 Å². The van der Waals surface area contributed by atoms with Crippen LogP contribution in [0.25, 0.3) is 0 Å². The van der Waals surface area contributed by atoms with Crippen molar-refractivity contribution in [2.24, 2.45) is 0 Å². The lowest BCUT2D eigenvalue weighted by Gasteiger charge is -2.12. The maximum Gasteiger partial charge on any atom is 0.342 e. The fourth-order valence-corrected chi connectivity index (χ4v) is 3.06. The summed E-state index contributed by atoms with van der Waals surface area (Å²) >= 11 is 0. The fraction of sp³-hybridized carbons (Fsp3) is 0.640. The van der Waals surface area contributed by atoms with E-state index in [9.17, 15) is 14.4 Å². The normalized spacial score (nSPS) is 10.5. The zero-order chi connectivity index (χ0) is 22.9. The summed E-state index contributed by atoms with van der Waals surface area (Å²) in [6.45, 7) is 6.26. The molecule has 6 nitrogen and oxygen atoms in total. The highest BCUT2D eigenvalue weighted by atomic mass is 16.6. The summed E-state index contributed by atoms with van der Waals surface area (Å²) in [7, 11) is 0. The molecule has 31 heavy (non-hydrogen) atoms. The Morgan fingerprint density at radius 3 is 1.90 bits per heavy atom. The molecule has 1 aromatic rings. The number of rotatable bonds is 16. The van der Waals surface area contributed by atoms with Gasteiger partial charge in [0.25, 0.3) is 0 Å². The standard InChI is InChI=1S/C25H38O6/c1-4-7-8-9-10-11-12-13-18-29-25(28)21-19-20(30-23(26)14-5-2)16-17-22(21)31-24(27)15-6-3/h16-17,19H,4-15,18H2,1-3H3. The topological polar surface area (TPSA) is 78.9 Å². The lowest BCUT2D eigenvalue weighted by atomic mass is 10.1. The Morgan fingerprint density at radius 2 is 1.29 bits per heavy atom. The SMILES string of the molecule is CCCCCCCCCCOC(=O)c1cc(OC(=O)CCC)ccc1OC(=O)CCC. The van der Waals surface area contributed by atoms with Gasteiger partial charge in [0, 0.05) is 12.8 Å². The van der Waals surface area contributed by atoms with Crippen LogP contribution in [0.4, 0.5) is 0 Å². The zero-order valence-electron chi connectivity index (χ0n) is 19.4. The van der Waals surface area contributed by atoms with Gasteiger partial charge in [-0.15, -0.1) is 0 Å². The maximum atomic E-state index is 12.6. The van der Waals surface area contributed by atoms with Crippen molar-refractivity contribution in [1.82, 2.24) is 0 Å². The second-order valence-corrected chi connectivity index (χ2v) is 7.72. The largest absolute Gasteiger partial charge is 0.462 e. The van der Waals surface area contributed by atoms with Crippen molar-refractivity contribution in [3.05, 3.63) is 23.8 Å². The summed E-state index contributed by atoms with van der Waals surface area (Å²) in [4.78, 5) is 36.3. The Labute approximate surface area is 186 Å². The van der Waals surface area contributed by atoms with Crippen LogP contribution in [-0.4, -0.2) is 24.5 Å². The minimum atomic E-state index is -0.587. The van der Waals surface area contributed by atoms with E-state index in [0.29, 0.717) is 19.4 Å². The molecule has 0 atom stereocenters. The molecule has 1 aromatic carbocycles. The smallest absolute Gasteiger partial charge is 0.342 e. The molecule has 0 fully saturated rings. The summed E-state index contributed by atoms with van der Waals surface area (Å²) in [5, 5.41) is 0. The molecule has 0 aliphatic carbocycles. The first-order chi connectivity index (χ1) is 15.0. The summed E-state index contributed by atoms with van der Waals surface area (Å²) in [6, 6.07) is 4.38. The van der Waals surface area contributed by atoms with E-state index in [0.717, 1.165) is 19.3 Å². The Balaban J connectivity index is 2.65. The highest BCUT2D eigenvalue weighted by molar-refractivity contribution is 5.94. The van der Waals surface area contributed by atoms with Gasteiger partial charge >= 0.3 is 17.9 Å². The number of benzene rings is 1. The van der Waals surface area contributed by atoms with Gasteiger partial charge < -0.3 is 14.2 Å². The molecule has 0 spiro atoms. The van der Waals surface area contributed by atoms with Gasteiger partial charge in [-0.25, -0.2) is 4.79 Å². The van der Waals surface area contributed by atoms with Gasteiger partial charge in [-0.2, -0.15) is 0 Å². The molecule has 0 aliphatic heterocycles. The van der Waals surface area contributed by atoms with Crippen LogP contribution in [0.5, 0.6) is 11.5 Å². The molecular formula is C25H38O6. The maximum absolute atomic E-state index is 12.6. The second kappa shape index (κ2) is 16.3. The number of hydrogen-bond acceptors (Lipinski definition) is 6. The van der Waals surface area contributed by atoms with Crippen LogP contribution in [0, 0.1) is 0 Å². The number of esters is 3. The van der Waals surface area contributed by atoms with Crippen molar-refractivity contribution in [2.45, 2.75) is 97.8 Å². The third-order valence-corrected chi connectivity index (χ3v) is 4.77. The fourth-order valence-electron chi connectivity index (χ4n) is 3.06. The lowest BCUT2D eigenvalue weighted by molar-refractivity contribution is -0.135. The molecule has 0 unspecified atom stereocenters. The third kappa shape index (κ3) is 11.6. The van der Waals surface area contributed by atoms with E-state index in [-0.39, 0.29) is 35.9 Å². The van der Waals surface area contributed by atoms with Crippen LogP contribution >= 0.6 is 0 Å². The summed E-state index contributed by atoms with van der Waals surface area (Å²) in [5.74, 6) is -1.04. The Morgan fingerprint density at radius 1 is 0.710 bits per heavy atom. The Hall–Kier alpha value is -2.37. The molecule has 0 radical (unpaired) electrons. The molecule has 1 rings (SSSR count). The van der Waals surface area contributed by atoms with Gasteiger partial charge in [0.15, 0.2) is 0 Å². The highest BCUT2D eigenvalue weighted by Crippen LogP contribution is 2.26. The summed E-state index contributed by atoms with van der Waals surface area (Å²) in [5.41, 5.74) is 0.0887. The number of ether oxygens (including phenoxy) is 3. The van der Waals surface area contributed by atoms with E-state index >= 15 is 0 Å². The summed E-state index contributed by atoms with van der Waals surface area (Å²) in [6.07, 6.45) is 11.0. The third-order valence-electron chi connectivity index (χ3n) is 4.77. The first-order valence-corrected chi connectivity index (χ1v) is 11.7. The van der Waals surface area contributed by atoms with Crippen LogP contribution in [-0.2, 0) is 14.3 Å². The zero-order valence-corrected chi connectivity index (χ0v) is 19.4. The predicted molar refractivity (Wildman–Crippen MR) is 120 cm³/mol. The monoisotopic (exact) mass is 434 g/mol. The van der Waals surface area contributed by atoms with Gasteiger partial charge in [-0.1, -0.05) is 65.7 Å². The molecule has 0 amide bonds. The predicted octanol–water partition coefficient (Wildman–Crippen LogP) is 6.40. The molecular weight excluding hydrogens is 396 g/mol.